The van der Waals surface area contributed by atoms with Crippen LogP contribution in [0.2, 0.25) is 0 Å². The standard InChI is InChI=1S/C22H28N2O3/c1-6-17-12-24(13-19(21(25)27-5)20(17)14-26-4)11-16-7-9-18(10-8-16)22(2,3)15-23/h7-10,13H,6,11-12,14H2,1-5H3. The predicted molar refractivity (Wildman–Crippen MR) is 105 cm³/mol. The maximum atomic E-state index is 12.3. The fraction of sp³-hybridized carbons (Fsp3) is 0.455. The van der Waals surface area contributed by atoms with Crippen LogP contribution in [0.1, 0.15) is 38.3 Å². The van der Waals surface area contributed by atoms with Crippen molar-refractivity contribution in [1.29, 1.82) is 5.26 Å². The highest BCUT2D eigenvalue weighted by molar-refractivity contribution is 5.94. The van der Waals surface area contributed by atoms with Gasteiger partial charge in [0.1, 0.15) is 0 Å². The molecule has 0 N–H and O–H groups in total. The number of nitriles is 1. The van der Waals surface area contributed by atoms with Gasteiger partial charge in [0.15, 0.2) is 0 Å². The van der Waals surface area contributed by atoms with E-state index in [-0.39, 0.29) is 5.97 Å². The second-order valence-electron chi connectivity index (χ2n) is 7.24. The van der Waals surface area contributed by atoms with Crippen molar-refractivity contribution in [3.8, 4) is 6.07 Å². The van der Waals surface area contributed by atoms with Crippen LogP contribution < -0.4 is 0 Å². The molecule has 1 heterocycles. The highest BCUT2D eigenvalue weighted by atomic mass is 16.5. The Hall–Kier alpha value is -2.58. The summed E-state index contributed by atoms with van der Waals surface area (Å²) in [6.07, 6.45) is 2.71. The molecule has 0 saturated carbocycles. The van der Waals surface area contributed by atoms with E-state index in [9.17, 15) is 10.1 Å². The molecule has 5 heteroatoms. The third kappa shape index (κ3) is 4.78. The van der Waals surface area contributed by atoms with E-state index in [1.54, 1.807) is 7.11 Å². The lowest BCUT2D eigenvalue weighted by Crippen LogP contribution is -2.29. The molecule has 0 saturated heterocycles. The van der Waals surface area contributed by atoms with Crippen LogP contribution in [-0.2, 0) is 26.2 Å². The molecule has 144 valence electrons. The topological polar surface area (TPSA) is 62.6 Å². The average Bonchev–Trinajstić information content (AvgIpc) is 2.68. The number of ether oxygens (including phenoxy) is 2. The first-order valence-corrected chi connectivity index (χ1v) is 9.11. The molecule has 0 aliphatic carbocycles. The van der Waals surface area contributed by atoms with Crippen molar-refractivity contribution in [2.24, 2.45) is 0 Å². The number of hydrogen-bond acceptors (Lipinski definition) is 5. The van der Waals surface area contributed by atoms with Crippen molar-refractivity contribution in [3.05, 3.63) is 58.3 Å². The zero-order chi connectivity index (χ0) is 20.0. The van der Waals surface area contributed by atoms with Crippen LogP contribution in [0.15, 0.2) is 47.2 Å². The van der Waals surface area contributed by atoms with E-state index < -0.39 is 5.41 Å². The van der Waals surface area contributed by atoms with Gasteiger partial charge in [0.2, 0.25) is 0 Å². The summed E-state index contributed by atoms with van der Waals surface area (Å²) >= 11 is 0. The summed E-state index contributed by atoms with van der Waals surface area (Å²) in [6.45, 7) is 7.73. The highest BCUT2D eigenvalue weighted by Crippen LogP contribution is 2.27. The first-order chi connectivity index (χ1) is 12.9. The molecule has 0 aromatic heterocycles. The molecule has 5 nitrogen and oxygen atoms in total. The molecule has 0 radical (unpaired) electrons. The number of carbonyl (C=O) groups is 1. The minimum Gasteiger partial charge on any atom is -0.465 e. The van der Waals surface area contributed by atoms with Crippen molar-refractivity contribution in [2.75, 3.05) is 27.4 Å². The lowest BCUT2D eigenvalue weighted by molar-refractivity contribution is -0.136. The van der Waals surface area contributed by atoms with E-state index in [1.165, 1.54) is 12.7 Å². The number of esters is 1. The largest absolute Gasteiger partial charge is 0.465 e. The Labute approximate surface area is 161 Å². The lowest BCUT2D eigenvalue weighted by Gasteiger charge is -2.30. The molecular weight excluding hydrogens is 340 g/mol. The van der Waals surface area contributed by atoms with E-state index in [0.29, 0.717) is 18.7 Å². The van der Waals surface area contributed by atoms with Crippen LogP contribution >= 0.6 is 0 Å². The first kappa shape index (κ1) is 20.7. The Morgan fingerprint density at radius 3 is 2.44 bits per heavy atom. The van der Waals surface area contributed by atoms with Gasteiger partial charge in [-0.15, -0.1) is 0 Å². The van der Waals surface area contributed by atoms with Crippen LogP contribution in [0, 0.1) is 11.3 Å². The molecule has 1 aromatic carbocycles. The van der Waals surface area contributed by atoms with Gasteiger partial charge in [-0.05, 0) is 42.5 Å². The quantitative estimate of drug-likeness (QED) is 0.687. The smallest absolute Gasteiger partial charge is 0.339 e. The van der Waals surface area contributed by atoms with Crippen molar-refractivity contribution < 1.29 is 14.3 Å². The molecule has 0 fully saturated rings. The Morgan fingerprint density at radius 1 is 1.26 bits per heavy atom. The monoisotopic (exact) mass is 368 g/mol. The zero-order valence-corrected chi connectivity index (χ0v) is 16.8. The highest BCUT2D eigenvalue weighted by Gasteiger charge is 2.25. The van der Waals surface area contributed by atoms with Crippen LogP contribution in [0.5, 0.6) is 0 Å². The van der Waals surface area contributed by atoms with Gasteiger partial charge in [-0.2, -0.15) is 5.26 Å². The SMILES string of the molecule is CCC1=C(COC)C(C(=O)OC)=CN(Cc2ccc(C(C)(C)C#N)cc2)C1. The summed E-state index contributed by atoms with van der Waals surface area (Å²) in [5, 5.41) is 9.28. The van der Waals surface area contributed by atoms with Crippen LogP contribution in [0.3, 0.4) is 0 Å². The normalized spacial score (nSPS) is 14.7. The van der Waals surface area contributed by atoms with Crippen LogP contribution in [0.25, 0.3) is 0 Å². The summed E-state index contributed by atoms with van der Waals surface area (Å²) in [4.78, 5) is 14.4. The first-order valence-electron chi connectivity index (χ1n) is 9.11. The molecule has 0 atom stereocenters. The minimum atomic E-state index is -0.505. The van der Waals surface area contributed by atoms with Crippen molar-refractivity contribution >= 4 is 5.97 Å². The maximum Gasteiger partial charge on any atom is 0.339 e. The second kappa shape index (κ2) is 8.88. The molecule has 0 spiro atoms. The van der Waals surface area contributed by atoms with Crippen LogP contribution in [-0.4, -0.2) is 38.2 Å². The van der Waals surface area contributed by atoms with Gasteiger partial charge in [0.25, 0.3) is 0 Å². The van der Waals surface area contributed by atoms with E-state index in [0.717, 1.165) is 29.7 Å². The fourth-order valence-corrected chi connectivity index (χ4v) is 3.20. The number of hydrogen-bond donors (Lipinski definition) is 0. The summed E-state index contributed by atoms with van der Waals surface area (Å²) < 4.78 is 10.3. The lowest BCUT2D eigenvalue weighted by atomic mass is 9.86. The zero-order valence-electron chi connectivity index (χ0n) is 16.8. The Kier molecular flexibility index (Phi) is 6.81. The summed E-state index contributed by atoms with van der Waals surface area (Å²) in [5.74, 6) is -0.344. The van der Waals surface area contributed by atoms with Gasteiger partial charge >= 0.3 is 5.97 Å². The Morgan fingerprint density at radius 2 is 1.93 bits per heavy atom. The van der Waals surface area contributed by atoms with E-state index in [4.69, 9.17) is 9.47 Å². The van der Waals surface area contributed by atoms with E-state index in [2.05, 4.69) is 17.9 Å². The van der Waals surface area contributed by atoms with Gasteiger partial charge in [0, 0.05) is 26.4 Å². The van der Waals surface area contributed by atoms with Gasteiger partial charge in [0.05, 0.1) is 30.8 Å². The molecule has 0 amide bonds. The molecular formula is C22H28N2O3. The number of nitrogens with zero attached hydrogens (tertiary/aromatic N) is 2. The summed E-state index contributed by atoms with van der Waals surface area (Å²) in [6, 6.07) is 10.4. The number of carbonyl (C=O) groups excluding carboxylic acids is 1. The molecule has 0 bridgehead atoms. The van der Waals surface area contributed by atoms with Crippen molar-refractivity contribution in [3.63, 3.8) is 0 Å². The molecule has 27 heavy (non-hydrogen) atoms. The number of benzene rings is 1. The van der Waals surface area contributed by atoms with Gasteiger partial charge in [-0.3, -0.25) is 0 Å². The van der Waals surface area contributed by atoms with Crippen molar-refractivity contribution in [2.45, 2.75) is 39.2 Å². The van der Waals surface area contributed by atoms with E-state index in [1.807, 2.05) is 44.3 Å². The van der Waals surface area contributed by atoms with Gasteiger partial charge in [-0.1, -0.05) is 31.2 Å². The third-order valence-corrected chi connectivity index (χ3v) is 4.92. The third-order valence-electron chi connectivity index (χ3n) is 4.92. The molecule has 0 unspecified atom stereocenters. The molecule has 2 rings (SSSR count). The fourth-order valence-electron chi connectivity index (χ4n) is 3.20. The summed E-state index contributed by atoms with van der Waals surface area (Å²) in [7, 11) is 3.03. The average molecular weight is 368 g/mol. The van der Waals surface area contributed by atoms with E-state index >= 15 is 0 Å². The minimum absolute atomic E-state index is 0.344. The number of methoxy groups -OCH3 is 2. The molecule has 1 aliphatic heterocycles. The Balaban J connectivity index is 2.26. The second-order valence-corrected chi connectivity index (χ2v) is 7.24. The Bertz CT molecular complexity index is 783. The maximum absolute atomic E-state index is 12.3. The van der Waals surface area contributed by atoms with Crippen LogP contribution in [0.4, 0.5) is 0 Å². The molecule has 1 aromatic rings. The number of rotatable bonds is 7. The predicted octanol–water partition coefficient (Wildman–Crippen LogP) is 3.71. The summed E-state index contributed by atoms with van der Waals surface area (Å²) in [5.41, 5.74) is 4.28. The molecule has 1 aliphatic rings. The van der Waals surface area contributed by atoms with Gasteiger partial charge in [-0.25, -0.2) is 4.79 Å². The van der Waals surface area contributed by atoms with Gasteiger partial charge < -0.3 is 14.4 Å². The van der Waals surface area contributed by atoms with Crippen molar-refractivity contribution in [1.82, 2.24) is 4.90 Å².